The zero-order valence-electron chi connectivity index (χ0n) is 23.7. The Morgan fingerprint density at radius 3 is 2.36 bits per heavy atom. The number of methoxy groups -OCH3 is 1. The van der Waals surface area contributed by atoms with Crippen LogP contribution in [0.5, 0.6) is 0 Å². The maximum atomic E-state index is 12.4. The van der Waals surface area contributed by atoms with E-state index in [0.717, 1.165) is 37.7 Å². The van der Waals surface area contributed by atoms with Crippen molar-refractivity contribution in [3.05, 3.63) is 11.6 Å². The number of aliphatic hydroxyl groups is 4. The molecule has 9 nitrogen and oxygen atoms in total. The van der Waals surface area contributed by atoms with Crippen LogP contribution in [0.3, 0.4) is 0 Å². The summed E-state index contributed by atoms with van der Waals surface area (Å²) in [5, 5.41) is 45.7. The van der Waals surface area contributed by atoms with E-state index >= 15 is 0 Å². The van der Waals surface area contributed by atoms with Crippen LogP contribution in [0.4, 0.5) is 0 Å². The third-order valence-corrected chi connectivity index (χ3v) is 12.5. The number of rotatable bonds is 4. The molecule has 39 heavy (non-hydrogen) atoms. The van der Waals surface area contributed by atoms with Gasteiger partial charge in [0.2, 0.25) is 0 Å². The first-order valence-electron chi connectivity index (χ1n) is 14.9. The van der Waals surface area contributed by atoms with Crippen molar-refractivity contribution in [2.75, 3.05) is 13.7 Å². The molecular weight excluding hydrogens is 504 g/mol. The summed E-state index contributed by atoms with van der Waals surface area (Å²) in [4.78, 5) is 11.8. The lowest BCUT2D eigenvalue weighted by Crippen LogP contribution is -2.67. The Bertz CT molecular complexity index is 1020. The van der Waals surface area contributed by atoms with Crippen LogP contribution in [0.1, 0.15) is 78.6 Å². The molecule has 2 heterocycles. The van der Waals surface area contributed by atoms with E-state index in [1.807, 2.05) is 0 Å². The summed E-state index contributed by atoms with van der Waals surface area (Å²) in [5.41, 5.74) is -1.43. The van der Waals surface area contributed by atoms with Crippen molar-refractivity contribution < 1.29 is 44.2 Å². The molecule has 4 saturated carbocycles. The van der Waals surface area contributed by atoms with E-state index in [1.54, 1.807) is 13.0 Å². The van der Waals surface area contributed by atoms with Crippen molar-refractivity contribution in [2.45, 2.75) is 127 Å². The van der Waals surface area contributed by atoms with Crippen molar-refractivity contribution in [2.24, 2.45) is 28.6 Å². The highest BCUT2D eigenvalue weighted by Crippen LogP contribution is 2.70. The van der Waals surface area contributed by atoms with Crippen LogP contribution in [0.25, 0.3) is 0 Å². The Hall–Kier alpha value is -1.07. The van der Waals surface area contributed by atoms with Gasteiger partial charge in [-0.15, -0.1) is 0 Å². The molecule has 0 bridgehead atoms. The van der Waals surface area contributed by atoms with Gasteiger partial charge in [0, 0.05) is 25.0 Å². The summed E-state index contributed by atoms with van der Waals surface area (Å²) >= 11 is 0. The Morgan fingerprint density at radius 2 is 1.67 bits per heavy atom. The van der Waals surface area contributed by atoms with Crippen molar-refractivity contribution in [3.8, 4) is 0 Å². The van der Waals surface area contributed by atoms with Crippen LogP contribution in [0.15, 0.2) is 11.6 Å². The summed E-state index contributed by atoms with van der Waals surface area (Å²) in [5.74, 6) is 0.151. The number of esters is 1. The minimum Gasteiger partial charge on any atom is -0.458 e. The fraction of sp³-hybridized carbons (Fsp3) is 0.900. The Kier molecular flexibility index (Phi) is 6.82. The molecule has 1 saturated heterocycles. The number of aliphatic hydroxyl groups excluding tert-OH is 2. The third kappa shape index (κ3) is 3.94. The molecule has 13 atom stereocenters. The molecule has 0 radical (unpaired) electrons. The quantitative estimate of drug-likeness (QED) is 0.307. The highest BCUT2D eigenvalue weighted by molar-refractivity contribution is 5.85. The molecule has 4 N–H and O–H groups in total. The molecule has 6 rings (SSSR count). The molecule has 6 aliphatic rings. The van der Waals surface area contributed by atoms with E-state index in [9.17, 15) is 25.2 Å². The van der Waals surface area contributed by atoms with Gasteiger partial charge in [-0.2, -0.15) is 0 Å². The number of carbonyl (C=O) groups is 1. The predicted octanol–water partition coefficient (Wildman–Crippen LogP) is 2.23. The first kappa shape index (κ1) is 28.1. The fourth-order valence-electron chi connectivity index (χ4n) is 10.1. The fourth-order valence-corrected chi connectivity index (χ4v) is 10.1. The number of carbonyl (C=O) groups excluding carboxylic acids is 1. The second kappa shape index (κ2) is 9.48. The van der Waals surface area contributed by atoms with Crippen LogP contribution < -0.4 is 0 Å². The zero-order chi connectivity index (χ0) is 28.0. The molecule has 9 heteroatoms. The summed E-state index contributed by atoms with van der Waals surface area (Å²) in [7, 11) is 1.45. The number of hydrogen-bond acceptors (Lipinski definition) is 9. The van der Waals surface area contributed by atoms with Gasteiger partial charge in [-0.1, -0.05) is 13.8 Å². The van der Waals surface area contributed by atoms with Crippen molar-refractivity contribution in [1.82, 2.24) is 0 Å². The normalized spacial score (nSPS) is 55.3. The van der Waals surface area contributed by atoms with Gasteiger partial charge in [0.15, 0.2) is 6.29 Å². The monoisotopic (exact) mass is 550 g/mol. The van der Waals surface area contributed by atoms with E-state index in [-0.39, 0.29) is 40.7 Å². The summed E-state index contributed by atoms with van der Waals surface area (Å²) in [6, 6.07) is 0. The number of cyclic esters (lactones) is 1. The topological polar surface area (TPSA) is 135 Å². The van der Waals surface area contributed by atoms with E-state index < -0.39 is 41.9 Å². The summed E-state index contributed by atoms with van der Waals surface area (Å²) < 4.78 is 22.6. The standard InChI is InChI=1S/C30H46O9/c1-16-23(32)25(36-4)24(33)26(38-16)39-18-5-9-27(2)20-6-10-28(3)19(17-13-22(31)37-15-17)8-12-30(28,35)21(20)7-11-29(27,34)14-18/h13,16,18-21,23-26,32-35H,5-12,14-15H2,1-4H3/t16-,18+,19-,20-,21-,23-,24+,25+,26-,27-,28-,29+,30-/m1/s1. The molecule has 0 spiro atoms. The van der Waals surface area contributed by atoms with Crippen LogP contribution in [-0.2, 0) is 23.7 Å². The Labute approximate surface area is 230 Å². The molecule has 5 fully saturated rings. The second-order valence-electron chi connectivity index (χ2n) is 13.9. The summed E-state index contributed by atoms with van der Waals surface area (Å²) in [6.07, 6.45) is 3.58. The highest BCUT2D eigenvalue weighted by Gasteiger charge is 2.70. The first-order valence-corrected chi connectivity index (χ1v) is 14.9. The van der Waals surface area contributed by atoms with Crippen LogP contribution >= 0.6 is 0 Å². The van der Waals surface area contributed by atoms with Gasteiger partial charge >= 0.3 is 5.97 Å². The highest BCUT2D eigenvalue weighted by atomic mass is 16.7. The van der Waals surface area contributed by atoms with Gasteiger partial charge in [-0.3, -0.25) is 0 Å². The number of hydrogen-bond donors (Lipinski definition) is 4. The third-order valence-electron chi connectivity index (χ3n) is 12.5. The molecule has 0 aromatic carbocycles. The average Bonchev–Trinajstić information content (AvgIpc) is 3.43. The van der Waals surface area contributed by atoms with Gasteiger partial charge in [-0.05, 0) is 87.0 Å². The largest absolute Gasteiger partial charge is 0.458 e. The van der Waals surface area contributed by atoms with Crippen molar-refractivity contribution in [1.29, 1.82) is 0 Å². The smallest absolute Gasteiger partial charge is 0.331 e. The summed E-state index contributed by atoms with van der Waals surface area (Å²) in [6.45, 7) is 6.48. The molecule has 0 unspecified atom stereocenters. The maximum Gasteiger partial charge on any atom is 0.331 e. The van der Waals surface area contributed by atoms with Crippen molar-refractivity contribution >= 4 is 5.97 Å². The van der Waals surface area contributed by atoms with Gasteiger partial charge in [-0.25, -0.2) is 4.79 Å². The predicted molar refractivity (Wildman–Crippen MR) is 139 cm³/mol. The van der Waals surface area contributed by atoms with Crippen LogP contribution in [-0.4, -0.2) is 88.1 Å². The molecular formula is C30H46O9. The second-order valence-corrected chi connectivity index (χ2v) is 13.9. The first-order chi connectivity index (χ1) is 18.4. The van der Waals surface area contributed by atoms with Gasteiger partial charge in [0.25, 0.3) is 0 Å². The van der Waals surface area contributed by atoms with E-state index in [4.69, 9.17) is 18.9 Å². The average molecular weight is 551 g/mol. The minimum atomic E-state index is -1.13. The maximum absolute atomic E-state index is 12.4. The molecule has 0 aromatic rings. The van der Waals surface area contributed by atoms with E-state index in [1.165, 1.54) is 7.11 Å². The number of ether oxygens (including phenoxy) is 4. The zero-order valence-corrected chi connectivity index (χ0v) is 23.7. The molecule has 220 valence electrons. The van der Waals surface area contributed by atoms with Gasteiger partial charge in [0.1, 0.15) is 24.9 Å². The Morgan fingerprint density at radius 1 is 0.949 bits per heavy atom. The van der Waals surface area contributed by atoms with Gasteiger partial charge < -0.3 is 39.4 Å². The SMILES string of the molecule is CO[C@@H]1[C@H](O)[C@@H](O[C@H]2CC[C@]3(C)[C@@H]4CC[C@]5(C)[C@@H](C6=CC(=O)OC6)CC[C@@]5(O)[C@@H]4CC[C@]3(O)C2)O[C@H](C)[C@H]1O. The van der Waals surface area contributed by atoms with Gasteiger partial charge in [0.05, 0.1) is 23.4 Å². The van der Waals surface area contributed by atoms with E-state index in [0.29, 0.717) is 32.3 Å². The number of fused-ring (bicyclic) bond motifs is 5. The molecule has 4 aliphatic carbocycles. The lowest BCUT2D eigenvalue weighted by atomic mass is 9.42. The molecule has 2 aliphatic heterocycles. The van der Waals surface area contributed by atoms with Crippen molar-refractivity contribution in [3.63, 3.8) is 0 Å². The molecule has 0 aromatic heterocycles. The lowest BCUT2D eigenvalue weighted by molar-refractivity contribution is -0.321. The van der Waals surface area contributed by atoms with Crippen LogP contribution in [0.2, 0.25) is 0 Å². The lowest BCUT2D eigenvalue weighted by Gasteiger charge is -2.66. The molecule has 0 amide bonds. The Balaban J connectivity index is 1.19. The van der Waals surface area contributed by atoms with E-state index in [2.05, 4.69) is 13.8 Å². The van der Waals surface area contributed by atoms with Crippen LogP contribution in [0, 0.1) is 28.6 Å². The minimum absolute atomic E-state index is 0.0934.